The molecular weight excluding hydrogens is 753 g/mol. The van der Waals surface area contributed by atoms with Gasteiger partial charge in [-0.1, -0.05) is 176 Å². The lowest BCUT2D eigenvalue weighted by Gasteiger charge is -2.30. The van der Waals surface area contributed by atoms with Gasteiger partial charge in [-0.25, -0.2) is 0 Å². The molecule has 12 rings (SSSR count). The van der Waals surface area contributed by atoms with Crippen molar-refractivity contribution in [2.45, 2.75) is 18.4 Å². The highest BCUT2D eigenvalue weighted by atomic mass is 16.5. The number of fused-ring (bicyclic) bond motifs is 7. The van der Waals surface area contributed by atoms with Gasteiger partial charge in [-0.2, -0.15) is 0 Å². The average Bonchev–Trinajstić information content (AvgIpc) is 3.84. The average molecular weight is 795 g/mol. The van der Waals surface area contributed by atoms with Crippen molar-refractivity contribution in [3.8, 4) is 44.8 Å². The number of para-hydroxylation sites is 4. The predicted octanol–water partition coefficient (Wildman–Crippen LogP) is 15.6. The van der Waals surface area contributed by atoms with Crippen molar-refractivity contribution in [1.82, 2.24) is 4.57 Å². The maximum absolute atomic E-state index is 6.61. The van der Waals surface area contributed by atoms with Crippen LogP contribution < -0.4 is 9.64 Å². The largest absolute Gasteiger partial charge is 0.485 e. The Morgan fingerprint density at radius 2 is 1.18 bits per heavy atom. The number of anilines is 3. The molecule has 0 bridgehead atoms. The number of ether oxygens (including phenoxy) is 1. The standard InChI is InChI=1S/C59H42N2O/c1-59-37-13-12-34-56(59)62-55-39-43(35-36-51(55)59)42-22-14-25-45(38-42)60(54-33-17-30-50-48-27-9-11-32-53(48)61(58(50)54)44-23-6-3-7-24-44)52-31-10-8-26-47(52)49-29-16-21-41-20-15-28-46(57(41)49)40-18-4-2-5-19-40/h2-39,56H,1H3. The quantitative estimate of drug-likeness (QED) is 0.160. The monoisotopic (exact) mass is 794 g/mol. The fourth-order valence-corrected chi connectivity index (χ4v) is 10.1. The van der Waals surface area contributed by atoms with Crippen LogP contribution in [-0.4, -0.2) is 10.7 Å². The van der Waals surface area contributed by atoms with Crippen LogP contribution in [0.25, 0.3) is 71.6 Å². The van der Waals surface area contributed by atoms with Gasteiger partial charge in [0.25, 0.3) is 0 Å². The highest BCUT2D eigenvalue weighted by Crippen LogP contribution is 2.50. The molecule has 0 amide bonds. The molecule has 10 aromatic rings. The summed E-state index contributed by atoms with van der Waals surface area (Å²) >= 11 is 0. The first-order chi connectivity index (χ1) is 30.6. The third kappa shape index (κ3) is 5.66. The SMILES string of the molecule is CC12C=CC=CC1Oc1cc(-c3cccc(N(c4ccccc4-c4cccc5cccc(-c6ccccc6)c45)c4cccc5c6ccccc6n(-c6ccccc6)c45)c3)ccc12. The summed E-state index contributed by atoms with van der Waals surface area (Å²) in [5.74, 6) is 0.945. The number of aromatic nitrogens is 1. The van der Waals surface area contributed by atoms with Crippen LogP contribution in [0.4, 0.5) is 17.1 Å². The molecule has 2 heterocycles. The lowest BCUT2D eigenvalue weighted by molar-refractivity contribution is 0.228. The minimum atomic E-state index is -0.178. The van der Waals surface area contributed by atoms with Crippen LogP contribution in [0, 0.1) is 0 Å². The van der Waals surface area contributed by atoms with Gasteiger partial charge in [-0.3, -0.25) is 0 Å². The summed E-state index contributed by atoms with van der Waals surface area (Å²) in [7, 11) is 0. The van der Waals surface area contributed by atoms with Crippen LogP contribution in [0.5, 0.6) is 5.75 Å². The fraction of sp³-hybridized carbons (Fsp3) is 0.0508. The maximum Gasteiger partial charge on any atom is 0.130 e. The fourth-order valence-electron chi connectivity index (χ4n) is 10.1. The van der Waals surface area contributed by atoms with E-state index in [2.05, 4.69) is 247 Å². The molecule has 294 valence electrons. The molecule has 0 saturated heterocycles. The molecule has 1 aromatic heterocycles. The van der Waals surface area contributed by atoms with Crippen LogP contribution in [-0.2, 0) is 5.41 Å². The minimum Gasteiger partial charge on any atom is -0.485 e. The van der Waals surface area contributed by atoms with Crippen molar-refractivity contribution in [1.29, 1.82) is 0 Å². The molecule has 0 fully saturated rings. The van der Waals surface area contributed by atoms with E-state index in [4.69, 9.17) is 4.74 Å². The molecule has 62 heavy (non-hydrogen) atoms. The zero-order valence-corrected chi connectivity index (χ0v) is 34.3. The topological polar surface area (TPSA) is 17.4 Å². The van der Waals surface area contributed by atoms with Gasteiger partial charge in [0.15, 0.2) is 0 Å². The van der Waals surface area contributed by atoms with Crippen molar-refractivity contribution in [2.75, 3.05) is 4.90 Å². The number of benzene rings is 9. The summed E-state index contributed by atoms with van der Waals surface area (Å²) in [4.78, 5) is 2.48. The van der Waals surface area contributed by atoms with Crippen molar-refractivity contribution < 1.29 is 4.74 Å². The number of allylic oxidation sites excluding steroid dienone is 2. The van der Waals surface area contributed by atoms with Gasteiger partial charge in [0.05, 0.1) is 27.8 Å². The number of hydrogen-bond acceptors (Lipinski definition) is 2. The molecule has 3 nitrogen and oxygen atoms in total. The first-order valence-corrected chi connectivity index (χ1v) is 21.5. The molecule has 1 aliphatic carbocycles. The van der Waals surface area contributed by atoms with E-state index in [1.54, 1.807) is 0 Å². The van der Waals surface area contributed by atoms with Crippen molar-refractivity contribution in [2.24, 2.45) is 0 Å². The lowest BCUT2D eigenvalue weighted by Crippen LogP contribution is -2.32. The second-order valence-electron chi connectivity index (χ2n) is 16.6. The Kier molecular flexibility index (Phi) is 8.36. The van der Waals surface area contributed by atoms with Gasteiger partial charge >= 0.3 is 0 Å². The molecule has 1 aliphatic heterocycles. The van der Waals surface area contributed by atoms with Crippen molar-refractivity contribution >= 4 is 49.6 Å². The second kappa shape index (κ2) is 14.4. The van der Waals surface area contributed by atoms with E-state index in [0.29, 0.717) is 0 Å². The molecule has 2 aliphatic rings. The van der Waals surface area contributed by atoms with E-state index >= 15 is 0 Å². The van der Waals surface area contributed by atoms with Gasteiger partial charge in [-0.05, 0) is 100 Å². The van der Waals surface area contributed by atoms with E-state index in [1.807, 2.05) is 0 Å². The van der Waals surface area contributed by atoms with Crippen LogP contribution in [0.2, 0.25) is 0 Å². The number of nitrogens with zero attached hydrogens (tertiary/aromatic N) is 2. The molecule has 0 spiro atoms. The Labute approximate surface area is 361 Å². The van der Waals surface area contributed by atoms with E-state index in [9.17, 15) is 0 Å². The first kappa shape index (κ1) is 36.0. The third-order valence-electron chi connectivity index (χ3n) is 13.0. The summed E-state index contributed by atoms with van der Waals surface area (Å²) in [6.07, 6.45) is 8.66. The van der Waals surface area contributed by atoms with Crippen LogP contribution in [0.3, 0.4) is 0 Å². The molecule has 3 heteroatoms. The highest BCUT2D eigenvalue weighted by Gasteiger charge is 2.43. The van der Waals surface area contributed by atoms with E-state index in [1.165, 1.54) is 49.3 Å². The summed E-state index contributed by atoms with van der Waals surface area (Å²) < 4.78 is 9.05. The van der Waals surface area contributed by atoms with Gasteiger partial charge in [-0.15, -0.1) is 0 Å². The Balaban J connectivity index is 1.12. The smallest absolute Gasteiger partial charge is 0.130 e. The van der Waals surface area contributed by atoms with E-state index in [0.717, 1.165) is 50.7 Å². The molecule has 9 aromatic carbocycles. The Hall–Kier alpha value is -7.88. The normalized spacial score (nSPS) is 16.4. The van der Waals surface area contributed by atoms with Crippen LogP contribution in [0.15, 0.2) is 231 Å². The Bertz CT molecular complexity index is 3410. The molecule has 0 radical (unpaired) electrons. The first-order valence-electron chi connectivity index (χ1n) is 21.5. The molecule has 2 atom stereocenters. The maximum atomic E-state index is 6.61. The van der Waals surface area contributed by atoms with Gasteiger partial charge < -0.3 is 14.2 Å². The summed E-state index contributed by atoms with van der Waals surface area (Å²) in [6, 6.07) is 75.1. The predicted molar refractivity (Wildman–Crippen MR) is 259 cm³/mol. The number of hydrogen-bond donors (Lipinski definition) is 0. The number of rotatable bonds is 7. The van der Waals surface area contributed by atoms with Crippen molar-refractivity contribution in [3.63, 3.8) is 0 Å². The van der Waals surface area contributed by atoms with E-state index in [-0.39, 0.29) is 11.5 Å². The molecular formula is C59H42N2O. The zero-order valence-electron chi connectivity index (χ0n) is 34.3. The van der Waals surface area contributed by atoms with Gasteiger partial charge in [0.2, 0.25) is 0 Å². The van der Waals surface area contributed by atoms with Crippen LogP contribution in [0.1, 0.15) is 12.5 Å². The summed E-state index contributed by atoms with van der Waals surface area (Å²) in [6.45, 7) is 2.27. The van der Waals surface area contributed by atoms with Gasteiger partial charge in [0, 0.05) is 33.3 Å². The second-order valence-corrected chi connectivity index (χ2v) is 16.6. The summed E-state index contributed by atoms with van der Waals surface area (Å²) in [5, 5.41) is 4.85. The minimum absolute atomic E-state index is 0.00980. The Morgan fingerprint density at radius 1 is 0.516 bits per heavy atom. The van der Waals surface area contributed by atoms with Crippen LogP contribution >= 0.6 is 0 Å². The van der Waals surface area contributed by atoms with E-state index < -0.39 is 0 Å². The lowest BCUT2D eigenvalue weighted by atomic mass is 9.76. The Morgan fingerprint density at radius 3 is 2.05 bits per heavy atom. The molecule has 0 saturated carbocycles. The summed E-state index contributed by atoms with van der Waals surface area (Å²) in [5.41, 5.74) is 14.7. The molecule has 0 N–H and O–H groups in total. The third-order valence-corrected chi connectivity index (χ3v) is 13.0. The highest BCUT2D eigenvalue weighted by molar-refractivity contribution is 6.15. The van der Waals surface area contributed by atoms with Gasteiger partial charge in [0.1, 0.15) is 11.9 Å². The zero-order chi connectivity index (χ0) is 41.2. The molecule has 2 unspecified atom stereocenters. The van der Waals surface area contributed by atoms with Crippen molar-refractivity contribution in [3.05, 3.63) is 236 Å².